The average Bonchev–Trinajstić information content (AvgIpc) is 3.68. The van der Waals surface area contributed by atoms with Crippen molar-refractivity contribution >= 4 is 34.4 Å². The van der Waals surface area contributed by atoms with Crippen LogP contribution in [0, 0.1) is 0 Å². The second-order valence-corrected chi connectivity index (χ2v) is 8.91. The first-order valence-corrected chi connectivity index (χ1v) is 11.7. The Morgan fingerprint density at radius 2 is 1.61 bits per heavy atom. The minimum absolute atomic E-state index is 0.819. The molecular weight excluding hydrogens is 448 g/mol. The Labute approximate surface area is 207 Å². The summed E-state index contributed by atoms with van der Waals surface area (Å²) in [6.45, 7) is 0. The van der Waals surface area contributed by atoms with Crippen LogP contribution in [0.25, 0.3) is 17.2 Å². The Balaban J connectivity index is 1.45. The molecule has 36 heavy (non-hydrogen) atoms. The molecule has 2 N–H and O–H groups in total. The minimum atomic E-state index is 0.819. The quantitative estimate of drug-likeness (QED) is 0.658. The molecule has 0 unspecified atom stereocenters. The lowest BCUT2D eigenvalue weighted by atomic mass is 10.1. The normalized spacial score (nSPS) is 21.7. The van der Waals surface area contributed by atoms with Gasteiger partial charge in [0.05, 0.1) is 51.1 Å². The minimum Gasteiger partial charge on any atom is -0.355 e. The second kappa shape index (κ2) is 7.78. The molecule has 8 bridgehead atoms. The summed E-state index contributed by atoms with van der Waals surface area (Å²) < 4.78 is 1.99. The number of fused-ring (bicyclic) bond motifs is 5. The average molecular weight is 471 g/mol. The number of nitrogens with one attached hydrogen (secondary N) is 2. The second-order valence-electron chi connectivity index (χ2n) is 8.91. The summed E-state index contributed by atoms with van der Waals surface area (Å²) in [4.78, 5) is 25.0. The summed E-state index contributed by atoms with van der Waals surface area (Å²) in [6, 6.07) is 4.15. The molecule has 5 aliphatic heterocycles. The highest BCUT2D eigenvalue weighted by atomic mass is 15.3. The molecule has 7 rings (SSSR count). The van der Waals surface area contributed by atoms with Crippen LogP contribution in [0.1, 0.15) is 17.2 Å². The van der Waals surface area contributed by atoms with Crippen molar-refractivity contribution in [2.45, 2.75) is 0 Å². The topological polar surface area (TPSA) is 86.0 Å². The van der Waals surface area contributed by atoms with Gasteiger partial charge in [-0.25, -0.2) is 20.0 Å². The molecule has 0 saturated heterocycles. The van der Waals surface area contributed by atoms with Gasteiger partial charge in [0.2, 0.25) is 0 Å². The number of aromatic amines is 1. The summed E-state index contributed by atoms with van der Waals surface area (Å²) in [5, 5.41) is 3.36. The van der Waals surface area contributed by atoms with Crippen molar-refractivity contribution in [3.05, 3.63) is 120 Å². The Morgan fingerprint density at radius 1 is 0.806 bits per heavy atom. The van der Waals surface area contributed by atoms with E-state index in [4.69, 9.17) is 15.0 Å². The molecular formula is C28H22N8. The molecule has 8 nitrogen and oxygen atoms in total. The highest BCUT2D eigenvalue weighted by Gasteiger charge is 2.24. The lowest BCUT2D eigenvalue weighted by Crippen LogP contribution is -2.19. The molecule has 2 aromatic rings. The predicted octanol–water partition coefficient (Wildman–Crippen LogP) is 4.11. The lowest BCUT2D eigenvalue weighted by Gasteiger charge is -2.16. The molecule has 0 radical (unpaired) electrons. The summed E-state index contributed by atoms with van der Waals surface area (Å²) in [6.07, 6.45) is 23.8. The largest absolute Gasteiger partial charge is 0.355 e. The number of hydrogen-bond donors (Lipinski definition) is 2. The first-order chi connectivity index (χ1) is 17.6. The van der Waals surface area contributed by atoms with Gasteiger partial charge in [-0.1, -0.05) is 0 Å². The van der Waals surface area contributed by atoms with Crippen molar-refractivity contribution in [2.24, 2.45) is 22.0 Å². The van der Waals surface area contributed by atoms with Crippen LogP contribution in [-0.4, -0.2) is 43.6 Å². The van der Waals surface area contributed by atoms with Crippen molar-refractivity contribution in [2.75, 3.05) is 7.05 Å². The van der Waals surface area contributed by atoms with E-state index in [9.17, 15) is 0 Å². The molecule has 0 amide bonds. The first-order valence-electron chi connectivity index (χ1n) is 11.7. The molecule has 0 aromatic carbocycles. The third-order valence-corrected chi connectivity index (χ3v) is 6.48. The van der Waals surface area contributed by atoms with Crippen molar-refractivity contribution in [1.29, 1.82) is 0 Å². The number of aryl methyl sites for hydroxylation is 1. The fourth-order valence-corrected chi connectivity index (χ4v) is 4.75. The Morgan fingerprint density at radius 3 is 2.36 bits per heavy atom. The third kappa shape index (κ3) is 3.31. The van der Waals surface area contributed by atoms with Crippen LogP contribution in [0.3, 0.4) is 0 Å². The summed E-state index contributed by atoms with van der Waals surface area (Å²) in [5.74, 6) is 1.78. The van der Waals surface area contributed by atoms with Crippen molar-refractivity contribution < 1.29 is 0 Å². The number of H-pyrrole nitrogens is 1. The van der Waals surface area contributed by atoms with Crippen molar-refractivity contribution in [3.8, 4) is 0 Å². The predicted molar refractivity (Wildman–Crippen MR) is 144 cm³/mol. The lowest BCUT2D eigenvalue weighted by molar-refractivity contribution is 0.574. The van der Waals surface area contributed by atoms with Crippen molar-refractivity contribution in [1.82, 2.24) is 24.8 Å². The van der Waals surface area contributed by atoms with Gasteiger partial charge in [-0.15, -0.1) is 0 Å². The zero-order valence-electron chi connectivity index (χ0n) is 19.8. The summed E-state index contributed by atoms with van der Waals surface area (Å²) in [5.41, 5.74) is 8.89. The zero-order valence-corrected chi connectivity index (χ0v) is 19.8. The molecule has 0 fully saturated rings. The van der Waals surface area contributed by atoms with E-state index in [-0.39, 0.29) is 0 Å². The smallest absolute Gasteiger partial charge is 0.144 e. The highest BCUT2D eigenvalue weighted by Crippen LogP contribution is 2.31. The molecule has 0 aliphatic carbocycles. The summed E-state index contributed by atoms with van der Waals surface area (Å²) >= 11 is 0. The fourth-order valence-electron chi connectivity index (χ4n) is 4.75. The van der Waals surface area contributed by atoms with Crippen LogP contribution < -0.4 is 5.32 Å². The van der Waals surface area contributed by atoms with E-state index < -0.39 is 0 Å². The molecule has 7 heterocycles. The van der Waals surface area contributed by atoms with Crippen LogP contribution in [-0.2, 0) is 7.05 Å². The molecule has 0 saturated carbocycles. The van der Waals surface area contributed by atoms with E-state index in [2.05, 4.69) is 32.3 Å². The molecule has 5 aliphatic rings. The van der Waals surface area contributed by atoms with Gasteiger partial charge in [-0.05, 0) is 60.7 Å². The van der Waals surface area contributed by atoms with Gasteiger partial charge in [-0.3, -0.25) is 0 Å². The zero-order chi connectivity index (χ0) is 24.2. The Kier molecular flexibility index (Phi) is 4.41. The number of nitrogens with zero attached hydrogens (tertiary/aromatic N) is 6. The molecule has 8 heteroatoms. The monoisotopic (exact) mass is 470 g/mol. The number of hydrogen-bond acceptors (Lipinski definition) is 6. The number of allylic oxidation sites excluding steroid dienone is 9. The van der Waals surface area contributed by atoms with E-state index in [1.54, 1.807) is 6.20 Å². The maximum Gasteiger partial charge on any atom is 0.144 e. The molecule has 0 spiro atoms. The molecule has 174 valence electrons. The first kappa shape index (κ1) is 20.4. The van der Waals surface area contributed by atoms with E-state index in [0.29, 0.717) is 0 Å². The van der Waals surface area contributed by atoms with E-state index >= 15 is 0 Å². The van der Waals surface area contributed by atoms with Gasteiger partial charge in [-0.2, -0.15) is 0 Å². The SMILES string of the molecule is CN1C=CN/C1=C1/C2=NC(=CC3=NC(=C(c4nccn4C)C4=NC(=Cc5ccc1[nH]5)C=C4)C=C3)C=C2. The summed E-state index contributed by atoms with van der Waals surface area (Å²) in [7, 11) is 4.00. The van der Waals surface area contributed by atoms with Gasteiger partial charge in [0.15, 0.2) is 0 Å². The van der Waals surface area contributed by atoms with Crippen LogP contribution >= 0.6 is 0 Å². The maximum absolute atomic E-state index is 4.95. The van der Waals surface area contributed by atoms with Gasteiger partial charge >= 0.3 is 0 Å². The third-order valence-electron chi connectivity index (χ3n) is 6.48. The Bertz CT molecular complexity index is 1670. The van der Waals surface area contributed by atoms with Crippen LogP contribution in [0.2, 0.25) is 0 Å². The van der Waals surface area contributed by atoms with Gasteiger partial charge in [0.25, 0.3) is 0 Å². The van der Waals surface area contributed by atoms with Gasteiger partial charge in [0, 0.05) is 44.6 Å². The molecule has 0 atom stereocenters. The van der Waals surface area contributed by atoms with E-state index in [1.165, 1.54) is 0 Å². The van der Waals surface area contributed by atoms with E-state index in [1.807, 2.05) is 85.9 Å². The number of rotatable bonds is 1. The Hall–Kier alpha value is -4.98. The maximum atomic E-state index is 4.95. The number of aromatic nitrogens is 3. The highest BCUT2D eigenvalue weighted by molar-refractivity contribution is 6.32. The van der Waals surface area contributed by atoms with Crippen LogP contribution in [0.4, 0.5) is 0 Å². The fraction of sp³-hybridized carbons (Fsp3) is 0.0714. The van der Waals surface area contributed by atoms with E-state index in [0.717, 1.165) is 68.4 Å². The number of imidazole rings is 1. The van der Waals surface area contributed by atoms with Crippen LogP contribution in [0.15, 0.2) is 117 Å². The molecule has 2 aromatic heterocycles. The van der Waals surface area contributed by atoms with Crippen LogP contribution in [0.5, 0.6) is 0 Å². The standard InChI is InChI=1S/C28H22N8/c1-35-13-11-29-27(35)25-21-7-3-17(31-21)15-19-5-9-23(33-19)26(28-30-12-14-36(28)2)24-10-6-20(34-24)16-18-4-8-22(25)32-18/h3-16,29,31H,1-2H3/b18-16?,19-15?,26-24?,27-25-. The number of aliphatic imine (C=N–C) groups is 3. The van der Waals surface area contributed by atoms with Gasteiger partial charge < -0.3 is 19.8 Å². The van der Waals surface area contributed by atoms with Gasteiger partial charge in [0.1, 0.15) is 11.6 Å². The van der Waals surface area contributed by atoms with Crippen molar-refractivity contribution in [3.63, 3.8) is 0 Å².